The van der Waals surface area contributed by atoms with Gasteiger partial charge in [-0.3, -0.25) is 0 Å². The fourth-order valence-corrected chi connectivity index (χ4v) is 1.76. The zero-order chi connectivity index (χ0) is 12.5. The minimum Gasteiger partial charge on any atom is -0.464 e. The molecule has 0 spiro atoms. The Morgan fingerprint density at radius 2 is 1.94 bits per heavy atom. The van der Waals surface area contributed by atoms with Crippen LogP contribution in [0, 0.1) is 0 Å². The maximum absolute atomic E-state index is 12.0. The lowest BCUT2D eigenvalue weighted by atomic mass is 10.2. The van der Waals surface area contributed by atoms with Crippen LogP contribution in [0.3, 0.4) is 0 Å². The van der Waals surface area contributed by atoms with Crippen molar-refractivity contribution in [1.82, 2.24) is 0 Å². The zero-order valence-corrected chi connectivity index (χ0v) is 9.88. The molecular weight excluding hydrogens is 301 g/mol. The monoisotopic (exact) mass is 306 g/mol. The summed E-state index contributed by atoms with van der Waals surface area (Å²) in [6.07, 6.45) is -3.21. The SMILES string of the molecule is FC(F)(F)Oc1ccc(-c2ccco2)cc1Br. The van der Waals surface area contributed by atoms with Crippen LogP contribution < -0.4 is 4.74 Å². The van der Waals surface area contributed by atoms with E-state index in [1.807, 2.05) is 0 Å². The van der Waals surface area contributed by atoms with E-state index in [0.717, 1.165) is 0 Å². The van der Waals surface area contributed by atoms with E-state index in [1.165, 1.54) is 24.5 Å². The maximum atomic E-state index is 12.0. The van der Waals surface area contributed by atoms with E-state index in [2.05, 4.69) is 20.7 Å². The van der Waals surface area contributed by atoms with Crippen molar-refractivity contribution in [3.8, 4) is 17.1 Å². The summed E-state index contributed by atoms with van der Waals surface area (Å²) in [4.78, 5) is 0. The Morgan fingerprint density at radius 1 is 1.18 bits per heavy atom. The smallest absolute Gasteiger partial charge is 0.464 e. The molecule has 0 amide bonds. The number of benzene rings is 1. The molecule has 1 heterocycles. The van der Waals surface area contributed by atoms with E-state index in [-0.39, 0.29) is 10.2 Å². The van der Waals surface area contributed by atoms with E-state index in [1.54, 1.807) is 12.1 Å². The molecule has 0 aliphatic heterocycles. The van der Waals surface area contributed by atoms with Crippen LogP contribution in [0.25, 0.3) is 11.3 Å². The first-order chi connectivity index (χ1) is 7.96. The highest BCUT2D eigenvalue weighted by Gasteiger charge is 2.31. The predicted molar refractivity (Wildman–Crippen MR) is 58.5 cm³/mol. The van der Waals surface area contributed by atoms with Crippen molar-refractivity contribution < 1.29 is 22.3 Å². The molecule has 0 aliphatic carbocycles. The minimum absolute atomic E-state index is 0.212. The number of rotatable bonds is 2. The Labute approximate surface area is 103 Å². The molecule has 1 aromatic heterocycles. The summed E-state index contributed by atoms with van der Waals surface area (Å²) in [5.74, 6) is 0.289. The predicted octanol–water partition coefficient (Wildman–Crippen LogP) is 4.61. The quantitative estimate of drug-likeness (QED) is 0.808. The Kier molecular flexibility index (Phi) is 3.15. The van der Waals surface area contributed by atoms with Crippen LogP contribution in [0.4, 0.5) is 13.2 Å². The molecule has 17 heavy (non-hydrogen) atoms. The highest BCUT2D eigenvalue weighted by Crippen LogP contribution is 2.34. The molecular formula is C11H6BrF3O2. The van der Waals surface area contributed by atoms with Crippen LogP contribution in [0.15, 0.2) is 45.5 Å². The first-order valence-electron chi connectivity index (χ1n) is 4.55. The average Bonchev–Trinajstić information content (AvgIpc) is 2.72. The summed E-state index contributed by atoms with van der Waals surface area (Å²) in [5.41, 5.74) is 0.663. The van der Waals surface area contributed by atoms with Gasteiger partial charge in [-0.2, -0.15) is 0 Å². The van der Waals surface area contributed by atoms with Crippen molar-refractivity contribution >= 4 is 15.9 Å². The summed E-state index contributed by atoms with van der Waals surface area (Å²) in [6, 6.07) is 7.63. The molecule has 2 aromatic rings. The maximum Gasteiger partial charge on any atom is 0.573 e. The molecule has 0 aliphatic rings. The average molecular weight is 307 g/mol. The number of alkyl halides is 3. The number of hydrogen-bond acceptors (Lipinski definition) is 2. The summed E-state index contributed by atoms with van der Waals surface area (Å²) in [6.45, 7) is 0. The Morgan fingerprint density at radius 3 is 2.47 bits per heavy atom. The third-order valence-corrected chi connectivity index (χ3v) is 2.58. The third-order valence-electron chi connectivity index (χ3n) is 1.96. The number of hydrogen-bond donors (Lipinski definition) is 0. The lowest BCUT2D eigenvalue weighted by Gasteiger charge is -2.10. The molecule has 2 nitrogen and oxygen atoms in total. The van der Waals surface area contributed by atoms with Gasteiger partial charge >= 0.3 is 6.36 Å². The first kappa shape index (κ1) is 12.0. The van der Waals surface area contributed by atoms with Gasteiger partial charge in [0.25, 0.3) is 0 Å². The van der Waals surface area contributed by atoms with Gasteiger partial charge in [-0.05, 0) is 46.3 Å². The molecule has 0 N–H and O–H groups in total. The van der Waals surface area contributed by atoms with Crippen LogP contribution >= 0.6 is 15.9 Å². The summed E-state index contributed by atoms with van der Waals surface area (Å²) in [7, 11) is 0. The van der Waals surface area contributed by atoms with E-state index < -0.39 is 6.36 Å². The van der Waals surface area contributed by atoms with Crippen molar-refractivity contribution in [3.05, 3.63) is 41.1 Å². The largest absolute Gasteiger partial charge is 0.573 e. The van der Waals surface area contributed by atoms with Crippen molar-refractivity contribution in [2.75, 3.05) is 0 Å². The van der Waals surface area contributed by atoms with E-state index in [0.29, 0.717) is 11.3 Å². The van der Waals surface area contributed by atoms with Gasteiger partial charge in [0.1, 0.15) is 11.5 Å². The zero-order valence-electron chi connectivity index (χ0n) is 8.29. The summed E-state index contributed by atoms with van der Waals surface area (Å²) >= 11 is 3.02. The molecule has 0 bridgehead atoms. The number of ether oxygens (including phenoxy) is 1. The number of furan rings is 1. The molecule has 0 saturated carbocycles. The lowest BCUT2D eigenvalue weighted by molar-refractivity contribution is -0.274. The molecule has 0 unspecified atom stereocenters. The van der Waals surface area contributed by atoms with Crippen molar-refractivity contribution in [3.63, 3.8) is 0 Å². The highest BCUT2D eigenvalue weighted by atomic mass is 79.9. The van der Waals surface area contributed by atoms with E-state index >= 15 is 0 Å². The first-order valence-corrected chi connectivity index (χ1v) is 5.34. The van der Waals surface area contributed by atoms with Crippen molar-refractivity contribution in [2.45, 2.75) is 6.36 Å². The van der Waals surface area contributed by atoms with Gasteiger partial charge in [-0.25, -0.2) is 0 Å². The number of halogens is 4. The van der Waals surface area contributed by atoms with Gasteiger partial charge in [0.2, 0.25) is 0 Å². The molecule has 6 heteroatoms. The van der Waals surface area contributed by atoms with Crippen LogP contribution in [0.1, 0.15) is 0 Å². The van der Waals surface area contributed by atoms with Crippen molar-refractivity contribution in [1.29, 1.82) is 0 Å². The molecule has 1 aromatic carbocycles. The fraction of sp³-hybridized carbons (Fsp3) is 0.0909. The second-order valence-corrected chi connectivity index (χ2v) is 4.02. The lowest BCUT2D eigenvalue weighted by Crippen LogP contribution is -2.17. The molecule has 90 valence electrons. The van der Waals surface area contributed by atoms with Gasteiger partial charge in [0.05, 0.1) is 10.7 Å². The third kappa shape index (κ3) is 3.03. The van der Waals surface area contributed by atoms with Crippen LogP contribution in [-0.4, -0.2) is 6.36 Å². The van der Waals surface area contributed by atoms with Gasteiger partial charge in [-0.1, -0.05) is 0 Å². The summed E-state index contributed by atoms with van der Waals surface area (Å²) in [5, 5.41) is 0. The molecule has 0 radical (unpaired) electrons. The van der Waals surface area contributed by atoms with Gasteiger partial charge in [0.15, 0.2) is 0 Å². The van der Waals surface area contributed by atoms with E-state index in [9.17, 15) is 13.2 Å². The molecule has 2 rings (SSSR count). The van der Waals surface area contributed by atoms with Gasteiger partial charge < -0.3 is 9.15 Å². The topological polar surface area (TPSA) is 22.4 Å². The fourth-order valence-electron chi connectivity index (χ4n) is 1.30. The molecule has 0 atom stereocenters. The van der Waals surface area contributed by atoms with Crippen LogP contribution in [-0.2, 0) is 0 Å². The second-order valence-electron chi connectivity index (χ2n) is 3.17. The van der Waals surface area contributed by atoms with Crippen LogP contribution in [0.2, 0.25) is 0 Å². The molecule has 0 fully saturated rings. The Bertz CT molecular complexity index is 506. The van der Waals surface area contributed by atoms with E-state index in [4.69, 9.17) is 4.42 Å². The van der Waals surface area contributed by atoms with Gasteiger partial charge in [0, 0.05) is 5.56 Å². The minimum atomic E-state index is -4.70. The highest BCUT2D eigenvalue weighted by molar-refractivity contribution is 9.10. The second kappa shape index (κ2) is 4.44. The van der Waals surface area contributed by atoms with Crippen LogP contribution in [0.5, 0.6) is 5.75 Å². The van der Waals surface area contributed by atoms with Gasteiger partial charge in [-0.15, -0.1) is 13.2 Å². The summed E-state index contributed by atoms with van der Waals surface area (Å²) < 4.78 is 45.3. The Hall–Kier alpha value is -1.43. The standard InChI is InChI=1S/C11H6BrF3O2/c12-8-6-7(9-2-1-5-16-9)3-4-10(8)17-11(13,14)15/h1-6H. The molecule has 0 saturated heterocycles. The normalized spacial score (nSPS) is 11.5. The van der Waals surface area contributed by atoms with Crippen molar-refractivity contribution in [2.24, 2.45) is 0 Å². The Balaban J connectivity index is 2.29.